The molecular weight excluding hydrogens is 379 g/mol. The number of rotatable bonds is 12. The van der Waals surface area contributed by atoms with Crippen LogP contribution in [0.5, 0.6) is 5.75 Å². The maximum atomic E-state index is 12.5. The third kappa shape index (κ3) is 7.34. The molecule has 0 saturated carbocycles. The second-order valence-electron chi connectivity index (χ2n) is 7.08. The number of phosphoric ester groups is 1. The number of ether oxygens (including phenoxy) is 2. The van der Waals surface area contributed by atoms with E-state index in [0.717, 1.165) is 37.0 Å². The molecule has 4 unspecified atom stereocenters. The summed E-state index contributed by atoms with van der Waals surface area (Å²) in [6, 6.07) is 7.89. The van der Waals surface area contributed by atoms with Gasteiger partial charge in [-0.3, -0.25) is 13.6 Å². The molecule has 7 heteroatoms. The summed E-state index contributed by atoms with van der Waals surface area (Å²) in [5.74, 6) is 0.947. The Morgan fingerprint density at radius 2 is 1.96 bits per heavy atom. The van der Waals surface area contributed by atoms with Gasteiger partial charge >= 0.3 is 7.82 Å². The molecule has 0 bridgehead atoms. The van der Waals surface area contributed by atoms with E-state index in [9.17, 15) is 4.57 Å². The summed E-state index contributed by atoms with van der Waals surface area (Å²) in [6.07, 6.45) is 6.03. The molecule has 28 heavy (non-hydrogen) atoms. The predicted octanol–water partition coefficient (Wildman–Crippen LogP) is 5.52. The third-order valence-corrected chi connectivity index (χ3v) is 6.49. The average Bonchev–Trinajstić information content (AvgIpc) is 2.72. The average molecular weight is 412 g/mol. The van der Waals surface area contributed by atoms with Crippen LogP contribution in [0, 0.1) is 5.92 Å². The van der Waals surface area contributed by atoms with Crippen LogP contribution in [0.2, 0.25) is 0 Å². The van der Waals surface area contributed by atoms with Gasteiger partial charge in [0.1, 0.15) is 5.75 Å². The van der Waals surface area contributed by atoms with Gasteiger partial charge in [-0.15, -0.1) is 6.58 Å². The van der Waals surface area contributed by atoms with Gasteiger partial charge < -0.3 is 9.47 Å². The Balaban J connectivity index is 1.63. The summed E-state index contributed by atoms with van der Waals surface area (Å²) in [5.41, 5.74) is 1.13. The summed E-state index contributed by atoms with van der Waals surface area (Å²) in [5, 5.41) is 0. The molecule has 4 atom stereocenters. The van der Waals surface area contributed by atoms with Crippen molar-refractivity contribution in [1.29, 1.82) is 0 Å². The minimum absolute atomic E-state index is 0.0984. The van der Waals surface area contributed by atoms with E-state index < -0.39 is 7.82 Å². The molecule has 1 aromatic rings. The van der Waals surface area contributed by atoms with Crippen LogP contribution in [0.15, 0.2) is 36.9 Å². The molecule has 6 nitrogen and oxygen atoms in total. The standard InChI is InChI=1S/C21H33O6P/c1-5-17(2)21-15-20(26-28(22,24-4)27-21)9-7-6-8-14-25-16-18-10-12-19(23-3)13-11-18/h5,10-13,17,20-21H,1,6-9,14-16H2,2-4H3. The Bertz CT molecular complexity index is 632. The molecule has 0 radical (unpaired) electrons. The van der Waals surface area contributed by atoms with Crippen molar-refractivity contribution in [3.8, 4) is 5.75 Å². The highest BCUT2D eigenvalue weighted by atomic mass is 31.2. The van der Waals surface area contributed by atoms with Gasteiger partial charge in [0, 0.05) is 26.1 Å². The SMILES string of the molecule is C=CC(C)C1CC(CCCCCOCc2ccc(OC)cc2)OP(=O)(OC)O1. The Labute approximate surface area is 168 Å². The van der Waals surface area contributed by atoms with E-state index in [1.54, 1.807) is 7.11 Å². The first-order valence-corrected chi connectivity index (χ1v) is 11.3. The number of phosphoric acid groups is 1. The first-order valence-electron chi connectivity index (χ1n) is 9.85. The molecule has 0 N–H and O–H groups in total. The van der Waals surface area contributed by atoms with Crippen molar-refractivity contribution in [3.63, 3.8) is 0 Å². The molecule has 158 valence electrons. The first-order chi connectivity index (χ1) is 13.5. The minimum Gasteiger partial charge on any atom is -0.497 e. The smallest absolute Gasteiger partial charge is 0.475 e. The lowest BCUT2D eigenvalue weighted by Crippen LogP contribution is -2.32. The van der Waals surface area contributed by atoms with Crippen molar-refractivity contribution in [2.24, 2.45) is 5.92 Å². The van der Waals surface area contributed by atoms with Gasteiger partial charge in [-0.2, -0.15) is 0 Å². The molecule has 1 fully saturated rings. The van der Waals surface area contributed by atoms with E-state index in [2.05, 4.69) is 6.58 Å². The Kier molecular flexibility index (Phi) is 9.69. The summed E-state index contributed by atoms with van der Waals surface area (Å²) < 4.78 is 39.5. The van der Waals surface area contributed by atoms with Gasteiger partial charge in [0.05, 0.1) is 25.9 Å². The Hall–Kier alpha value is -1.17. The second-order valence-corrected chi connectivity index (χ2v) is 8.76. The van der Waals surface area contributed by atoms with Gasteiger partial charge in [-0.05, 0) is 30.5 Å². The lowest BCUT2D eigenvalue weighted by molar-refractivity contribution is -0.0206. The maximum absolute atomic E-state index is 12.5. The van der Waals surface area contributed by atoms with E-state index in [4.69, 9.17) is 23.0 Å². The summed E-state index contributed by atoms with van der Waals surface area (Å²) in [4.78, 5) is 0. The molecule has 0 aromatic heterocycles. The van der Waals surface area contributed by atoms with Gasteiger partial charge in [-0.25, -0.2) is 4.57 Å². The van der Waals surface area contributed by atoms with Crippen molar-refractivity contribution >= 4 is 7.82 Å². The number of hydrogen-bond donors (Lipinski definition) is 0. The van der Waals surface area contributed by atoms with Crippen LogP contribution in [-0.2, 0) is 29.5 Å². The van der Waals surface area contributed by atoms with Crippen molar-refractivity contribution in [1.82, 2.24) is 0 Å². The lowest BCUT2D eigenvalue weighted by Gasteiger charge is -2.35. The first kappa shape index (κ1) is 23.1. The number of unbranched alkanes of at least 4 members (excludes halogenated alkanes) is 2. The quantitative estimate of drug-likeness (QED) is 0.256. The molecule has 1 aliphatic rings. The van der Waals surface area contributed by atoms with Crippen LogP contribution < -0.4 is 4.74 Å². The maximum Gasteiger partial charge on any atom is 0.475 e. The van der Waals surface area contributed by atoms with E-state index in [0.29, 0.717) is 19.6 Å². The fourth-order valence-corrected chi connectivity index (χ4v) is 4.49. The van der Waals surface area contributed by atoms with Crippen molar-refractivity contribution in [3.05, 3.63) is 42.5 Å². The lowest BCUT2D eigenvalue weighted by atomic mass is 9.97. The van der Waals surface area contributed by atoms with Crippen LogP contribution in [0.25, 0.3) is 0 Å². The van der Waals surface area contributed by atoms with E-state index in [1.807, 2.05) is 37.3 Å². The molecule has 1 saturated heterocycles. The molecule has 0 amide bonds. The highest BCUT2D eigenvalue weighted by molar-refractivity contribution is 7.48. The second kappa shape index (κ2) is 11.7. The topological polar surface area (TPSA) is 63.2 Å². The third-order valence-electron chi connectivity index (χ3n) is 4.96. The summed E-state index contributed by atoms with van der Waals surface area (Å²) >= 11 is 0. The van der Waals surface area contributed by atoms with E-state index >= 15 is 0 Å². The molecule has 0 spiro atoms. The molecule has 1 aromatic carbocycles. The van der Waals surface area contributed by atoms with Gasteiger partial charge in [-0.1, -0.05) is 38.0 Å². The van der Waals surface area contributed by atoms with Crippen molar-refractivity contribution < 1.29 is 27.6 Å². The van der Waals surface area contributed by atoms with Crippen molar-refractivity contribution in [2.45, 2.75) is 57.8 Å². The monoisotopic (exact) mass is 412 g/mol. The Morgan fingerprint density at radius 1 is 1.21 bits per heavy atom. The number of hydrogen-bond acceptors (Lipinski definition) is 6. The van der Waals surface area contributed by atoms with Gasteiger partial charge in [0.15, 0.2) is 0 Å². The van der Waals surface area contributed by atoms with Crippen LogP contribution in [0.1, 0.15) is 44.6 Å². The van der Waals surface area contributed by atoms with E-state index in [-0.39, 0.29) is 18.1 Å². The number of methoxy groups -OCH3 is 1. The molecule has 0 aliphatic carbocycles. The minimum atomic E-state index is -3.46. The largest absolute Gasteiger partial charge is 0.497 e. The fraction of sp³-hybridized carbons (Fsp3) is 0.619. The molecule has 1 aliphatic heterocycles. The van der Waals surface area contributed by atoms with Crippen LogP contribution in [0.4, 0.5) is 0 Å². The van der Waals surface area contributed by atoms with Crippen molar-refractivity contribution in [2.75, 3.05) is 20.8 Å². The van der Waals surface area contributed by atoms with Crippen LogP contribution >= 0.6 is 7.82 Å². The zero-order valence-electron chi connectivity index (χ0n) is 17.2. The number of benzene rings is 1. The normalized spacial score (nSPS) is 26.0. The predicted molar refractivity (Wildman–Crippen MR) is 109 cm³/mol. The van der Waals surface area contributed by atoms with Gasteiger partial charge in [0.2, 0.25) is 0 Å². The molecule has 1 heterocycles. The highest BCUT2D eigenvalue weighted by Gasteiger charge is 2.40. The summed E-state index contributed by atoms with van der Waals surface area (Å²) in [7, 11) is -0.443. The Morgan fingerprint density at radius 3 is 2.61 bits per heavy atom. The van der Waals surface area contributed by atoms with Gasteiger partial charge in [0.25, 0.3) is 0 Å². The van der Waals surface area contributed by atoms with Crippen LogP contribution in [-0.4, -0.2) is 33.0 Å². The zero-order valence-corrected chi connectivity index (χ0v) is 18.1. The summed E-state index contributed by atoms with van der Waals surface area (Å²) in [6.45, 7) is 7.12. The zero-order chi connectivity index (χ0) is 20.4. The fourth-order valence-electron chi connectivity index (χ4n) is 3.10. The van der Waals surface area contributed by atoms with E-state index in [1.165, 1.54) is 7.11 Å². The molecular formula is C21H33O6P. The highest BCUT2D eigenvalue weighted by Crippen LogP contribution is 2.56. The van der Waals surface area contributed by atoms with Crippen LogP contribution in [0.3, 0.4) is 0 Å². The molecule has 2 rings (SSSR count).